The molecule has 0 bridgehead atoms. The van der Waals surface area contributed by atoms with Gasteiger partial charge in [-0.15, -0.1) is 0 Å². The van der Waals surface area contributed by atoms with Gasteiger partial charge in [-0.2, -0.15) is 0 Å². The maximum Gasteiger partial charge on any atom is 0.328 e. The van der Waals surface area contributed by atoms with E-state index >= 15 is 0 Å². The van der Waals surface area contributed by atoms with Crippen molar-refractivity contribution in [3.63, 3.8) is 0 Å². The number of esters is 1. The predicted octanol–water partition coefficient (Wildman–Crippen LogP) is 3.01. The molecule has 0 saturated heterocycles. The van der Waals surface area contributed by atoms with Gasteiger partial charge in [0.25, 0.3) is 0 Å². The summed E-state index contributed by atoms with van der Waals surface area (Å²) in [4.78, 5) is 16.5. The third-order valence-electron chi connectivity index (χ3n) is 3.60. The molecule has 4 nitrogen and oxygen atoms in total. The predicted molar refractivity (Wildman–Crippen MR) is 85.8 cm³/mol. The van der Waals surface area contributed by atoms with E-state index in [0.29, 0.717) is 13.0 Å². The fourth-order valence-electron chi connectivity index (χ4n) is 2.49. The Morgan fingerprint density at radius 2 is 1.95 bits per heavy atom. The van der Waals surface area contributed by atoms with Gasteiger partial charge >= 0.3 is 5.97 Å². The van der Waals surface area contributed by atoms with Crippen molar-refractivity contribution < 1.29 is 9.53 Å². The van der Waals surface area contributed by atoms with Gasteiger partial charge in [0.05, 0.1) is 18.0 Å². The number of nitrogens with one attached hydrogen (secondary N) is 1. The van der Waals surface area contributed by atoms with Crippen LogP contribution >= 0.6 is 0 Å². The molecule has 22 heavy (non-hydrogen) atoms. The average molecular weight is 294 g/mol. The number of hydrogen-bond acceptors (Lipinski definition) is 4. The minimum Gasteiger partial charge on any atom is -0.464 e. The van der Waals surface area contributed by atoms with Crippen LogP contribution in [0.2, 0.25) is 0 Å². The number of carbonyl (C=O) groups excluding carboxylic acids is 1. The fraction of sp³-hybridized carbons (Fsp3) is 0.222. The smallest absolute Gasteiger partial charge is 0.328 e. The van der Waals surface area contributed by atoms with E-state index in [1.807, 2.05) is 61.7 Å². The molecule has 0 saturated carbocycles. The monoisotopic (exact) mass is 294 g/mol. The minimum atomic E-state index is -0.308. The lowest BCUT2D eigenvalue weighted by molar-refractivity contribution is -0.145. The van der Waals surface area contributed by atoms with E-state index in [4.69, 9.17) is 9.72 Å². The summed E-state index contributed by atoms with van der Waals surface area (Å²) in [6, 6.07) is 15.7. The lowest BCUT2D eigenvalue weighted by Gasteiger charge is -2.10. The molecule has 1 unspecified atom stereocenters. The number of benzene rings is 1. The summed E-state index contributed by atoms with van der Waals surface area (Å²) in [5.74, 6) is -0.215. The van der Waals surface area contributed by atoms with Gasteiger partial charge in [-0.3, -0.25) is 0 Å². The largest absolute Gasteiger partial charge is 0.464 e. The SMILES string of the molecule is CCOC(=O)C1CC(c2cccc(-c3ccccc3)n2)=CN1. The minimum absolute atomic E-state index is 0.215. The van der Waals surface area contributed by atoms with Crippen LogP contribution in [0, 0.1) is 0 Å². The Kier molecular flexibility index (Phi) is 4.19. The Labute approximate surface area is 129 Å². The number of ether oxygens (including phenoxy) is 1. The molecule has 4 heteroatoms. The molecule has 0 fully saturated rings. The Hall–Kier alpha value is -2.62. The maximum absolute atomic E-state index is 11.8. The topological polar surface area (TPSA) is 51.2 Å². The van der Waals surface area contributed by atoms with Crippen molar-refractivity contribution in [3.05, 3.63) is 60.4 Å². The second-order valence-electron chi connectivity index (χ2n) is 5.12. The van der Waals surface area contributed by atoms with Gasteiger partial charge in [-0.05, 0) is 24.6 Å². The van der Waals surface area contributed by atoms with E-state index in [2.05, 4.69) is 5.32 Å². The van der Waals surface area contributed by atoms with Crippen molar-refractivity contribution in [2.75, 3.05) is 6.61 Å². The van der Waals surface area contributed by atoms with Crippen molar-refractivity contribution in [2.24, 2.45) is 0 Å². The lowest BCUT2D eigenvalue weighted by Crippen LogP contribution is -2.31. The molecule has 2 aromatic rings. The van der Waals surface area contributed by atoms with Gasteiger partial charge in [0, 0.05) is 18.2 Å². The van der Waals surface area contributed by atoms with Crippen LogP contribution in [0.15, 0.2) is 54.7 Å². The van der Waals surface area contributed by atoms with Crippen LogP contribution in [0.1, 0.15) is 19.0 Å². The number of nitrogens with zero attached hydrogens (tertiary/aromatic N) is 1. The fourth-order valence-corrected chi connectivity index (χ4v) is 2.49. The first-order valence-corrected chi connectivity index (χ1v) is 7.42. The molecule has 112 valence electrons. The first kappa shape index (κ1) is 14.3. The van der Waals surface area contributed by atoms with Gasteiger partial charge < -0.3 is 10.1 Å². The molecule has 0 amide bonds. The van der Waals surface area contributed by atoms with Crippen LogP contribution in [0.5, 0.6) is 0 Å². The van der Waals surface area contributed by atoms with E-state index in [1.165, 1.54) is 0 Å². The highest BCUT2D eigenvalue weighted by Gasteiger charge is 2.25. The summed E-state index contributed by atoms with van der Waals surface area (Å²) in [5, 5.41) is 3.07. The molecule has 1 aliphatic heterocycles. The van der Waals surface area contributed by atoms with Gasteiger partial charge in [0.15, 0.2) is 0 Å². The second kappa shape index (κ2) is 6.43. The van der Waals surface area contributed by atoms with Crippen LogP contribution < -0.4 is 5.32 Å². The Balaban J connectivity index is 1.78. The molecular formula is C18H18N2O2. The lowest BCUT2D eigenvalue weighted by atomic mass is 10.1. The zero-order valence-electron chi connectivity index (χ0n) is 12.5. The quantitative estimate of drug-likeness (QED) is 0.881. The van der Waals surface area contributed by atoms with Gasteiger partial charge in [-0.25, -0.2) is 9.78 Å². The summed E-state index contributed by atoms with van der Waals surface area (Å²) < 4.78 is 5.05. The van der Waals surface area contributed by atoms with E-state index in [9.17, 15) is 4.79 Å². The summed E-state index contributed by atoms with van der Waals surface area (Å²) in [5.41, 5.74) is 3.92. The third-order valence-corrected chi connectivity index (χ3v) is 3.60. The average Bonchev–Trinajstić information content (AvgIpc) is 3.06. The summed E-state index contributed by atoms with van der Waals surface area (Å²) in [7, 11) is 0. The van der Waals surface area contributed by atoms with Crippen molar-refractivity contribution >= 4 is 11.5 Å². The molecular weight excluding hydrogens is 276 g/mol. The van der Waals surface area contributed by atoms with Crippen LogP contribution in [-0.4, -0.2) is 23.6 Å². The number of pyridine rings is 1. The first-order chi connectivity index (χ1) is 10.8. The van der Waals surface area contributed by atoms with Crippen molar-refractivity contribution in [1.82, 2.24) is 10.3 Å². The number of rotatable bonds is 4. The van der Waals surface area contributed by atoms with E-state index in [1.54, 1.807) is 0 Å². The Morgan fingerprint density at radius 1 is 1.18 bits per heavy atom. The highest BCUT2D eigenvalue weighted by molar-refractivity contribution is 5.82. The second-order valence-corrected chi connectivity index (χ2v) is 5.12. The molecule has 1 aliphatic rings. The van der Waals surface area contributed by atoms with Crippen molar-refractivity contribution in [1.29, 1.82) is 0 Å². The molecule has 1 aromatic heterocycles. The highest BCUT2D eigenvalue weighted by atomic mass is 16.5. The van der Waals surface area contributed by atoms with Gasteiger partial charge in [0.1, 0.15) is 6.04 Å². The first-order valence-electron chi connectivity index (χ1n) is 7.42. The van der Waals surface area contributed by atoms with Crippen LogP contribution in [-0.2, 0) is 9.53 Å². The van der Waals surface area contributed by atoms with E-state index < -0.39 is 0 Å². The summed E-state index contributed by atoms with van der Waals surface area (Å²) in [6.45, 7) is 2.21. The van der Waals surface area contributed by atoms with Crippen LogP contribution in [0.4, 0.5) is 0 Å². The molecule has 1 aromatic carbocycles. The number of hydrogen-bond donors (Lipinski definition) is 1. The number of carbonyl (C=O) groups is 1. The molecule has 2 heterocycles. The maximum atomic E-state index is 11.8. The number of aromatic nitrogens is 1. The molecule has 3 rings (SSSR count). The van der Waals surface area contributed by atoms with Gasteiger partial charge in [-0.1, -0.05) is 36.4 Å². The van der Waals surface area contributed by atoms with Gasteiger partial charge in [0.2, 0.25) is 0 Å². The summed E-state index contributed by atoms with van der Waals surface area (Å²) in [6.07, 6.45) is 2.46. The normalized spacial score (nSPS) is 16.8. The van der Waals surface area contributed by atoms with Crippen molar-refractivity contribution in [2.45, 2.75) is 19.4 Å². The van der Waals surface area contributed by atoms with E-state index in [-0.39, 0.29) is 12.0 Å². The Bertz CT molecular complexity index is 695. The Morgan fingerprint density at radius 3 is 2.73 bits per heavy atom. The zero-order chi connectivity index (χ0) is 15.4. The molecule has 0 aliphatic carbocycles. The van der Waals surface area contributed by atoms with Crippen LogP contribution in [0.25, 0.3) is 16.8 Å². The molecule has 1 N–H and O–H groups in total. The van der Waals surface area contributed by atoms with Crippen LogP contribution in [0.3, 0.4) is 0 Å². The molecule has 1 atom stereocenters. The molecule has 0 radical (unpaired) electrons. The molecule has 0 spiro atoms. The standard InChI is InChI=1S/C18H18N2O2/c1-2-22-18(21)17-11-14(12-19-17)16-10-6-9-15(20-16)13-7-4-3-5-8-13/h3-10,12,17,19H,2,11H2,1H3. The van der Waals surface area contributed by atoms with E-state index in [0.717, 1.165) is 22.5 Å². The third kappa shape index (κ3) is 3.01. The highest BCUT2D eigenvalue weighted by Crippen LogP contribution is 2.25. The zero-order valence-corrected chi connectivity index (χ0v) is 12.5. The summed E-state index contributed by atoms with van der Waals surface area (Å²) >= 11 is 0. The van der Waals surface area contributed by atoms with Crippen molar-refractivity contribution in [3.8, 4) is 11.3 Å².